The largest absolute Gasteiger partial charge is 0.462 e. The number of aryl methyl sites for hydroxylation is 2. The van der Waals surface area contributed by atoms with Gasteiger partial charge in [0.15, 0.2) is 0 Å². The zero-order valence-electron chi connectivity index (χ0n) is 27.2. The molecule has 0 saturated carbocycles. The minimum atomic E-state index is -0.318. The van der Waals surface area contributed by atoms with Crippen molar-refractivity contribution in [1.82, 2.24) is 19.2 Å². The van der Waals surface area contributed by atoms with Gasteiger partial charge in [-0.3, -0.25) is 23.7 Å². The Balaban J connectivity index is 0.000000397. The van der Waals surface area contributed by atoms with E-state index in [0.29, 0.717) is 6.47 Å². The summed E-state index contributed by atoms with van der Waals surface area (Å²) in [4.78, 5) is 25.0. The molecule has 1 aliphatic rings. The Morgan fingerprint density at radius 1 is 1.00 bits per heavy atom. The predicted molar refractivity (Wildman–Crippen MR) is 177 cm³/mol. The first-order valence-corrected chi connectivity index (χ1v) is 14.9. The summed E-state index contributed by atoms with van der Waals surface area (Å²) in [6, 6.07) is 8.17. The van der Waals surface area contributed by atoms with Crippen LogP contribution in [0.5, 0.6) is 0 Å². The zero-order valence-corrected chi connectivity index (χ0v) is 28.0. The highest BCUT2D eigenvalue weighted by Crippen LogP contribution is 2.31. The molecular formula is C33H50N4O4S. The van der Waals surface area contributed by atoms with Crippen molar-refractivity contribution in [3.63, 3.8) is 0 Å². The van der Waals surface area contributed by atoms with E-state index in [4.69, 9.17) is 22.5 Å². The summed E-state index contributed by atoms with van der Waals surface area (Å²) >= 11 is 4.75. The maximum atomic E-state index is 11.9. The number of ether oxygens (including phenoxy) is 2. The fraction of sp³-hybridized carbons (Fsp3) is 0.545. The van der Waals surface area contributed by atoms with Gasteiger partial charge in [0.2, 0.25) is 6.41 Å². The summed E-state index contributed by atoms with van der Waals surface area (Å²) in [5.41, 5.74) is 5.54. The molecule has 3 heterocycles. The van der Waals surface area contributed by atoms with E-state index in [1.165, 1.54) is 24.8 Å². The normalized spacial score (nSPS) is 14.5. The van der Waals surface area contributed by atoms with E-state index in [2.05, 4.69) is 41.7 Å². The third-order valence-corrected chi connectivity index (χ3v) is 7.10. The highest BCUT2D eigenvalue weighted by Gasteiger charge is 2.19. The molecule has 0 aliphatic carbocycles. The lowest BCUT2D eigenvalue weighted by Crippen LogP contribution is -2.30. The first-order valence-electron chi connectivity index (χ1n) is 14.5. The van der Waals surface area contributed by atoms with Crippen molar-refractivity contribution in [2.75, 3.05) is 26.7 Å². The van der Waals surface area contributed by atoms with Crippen LogP contribution in [0.2, 0.25) is 0 Å². The number of nitrogens with zero attached hydrogens (tertiary/aromatic N) is 4. The van der Waals surface area contributed by atoms with Crippen molar-refractivity contribution in [1.29, 1.82) is 0 Å². The van der Waals surface area contributed by atoms with Crippen LogP contribution in [-0.4, -0.2) is 70.1 Å². The maximum absolute atomic E-state index is 11.9. The monoisotopic (exact) mass is 598 g/mol. The third-order valence-electron chi connectivity index (χ3n) is 6.83. The van der Waals surface area contributed by atoms with Crippen LogP contribution < -0.4 is 0 Å². The van der Waals surface area contributed by atoms with E-state index in [0.717, 1.165) is 64.5 Å². The Bertz CT molecular complexity index is 1350. The van der Waals surface area contributed by atoms with Crippen LogP contribution in [0.1, 0.15) is 77.6 Å². The number of likely N-dealkylation sites (tertiary alicyclic amines) is 1. The molecule has 1 saturated heterocycles. The molecule has 0 N–H and O–H groups in total. The smallest absolute Gasteiger partial charge is 0.293 e. The Morgan fingerprint density at radius 2 is 1.62 bits per heavy atom. The van der Waals surface area contributed by atoms with Crippen LogP contribution in [0.15, 0.2) is 29.2 Å². The van der Waals surface area contributed by atoms with Gasteiger partial charge in [-0.25, -0.2) is 0 Å². The van der Waals surface area contributed by atoms with Crippen molar-refractivity contribution >= 4 is 42.5 Å². The summed E-state index contributed by atoms with van der Waals surface area (Å²) < 4.78 is 13.1. The molecule has 0 bridgehead atoms. The first kappa shape index (κ1) is 35.3. The minimum absolute atomic E-state index is 0.0417. The summed E-state index contributed by atoms with van der Waals surface area (Å²) in [5.74, 6) is 0. The van der Waals surface area contributed by atoms with E-state index in [9.17, 15) is 9.59 Å². The van der Waals surface area contributed by atoms with Crippen LogP contribution in [0.3, 0.4) is 0 Å². The van der Waals surface area contributed by atoms with Gasteiger partial charge in [-0.05, 0) is 111 Å². The topological polar surface area (TPSA) is 78.6 Å². The predicted octanol–water partition coefficient (Wildman–Crippen LogP) is 6.84. The van der Waals surface area contributed by atoms with Gasteiger partial charge in [0.05, 0.1) is 22.5 Å². The van der Waals surface area contributed by atoms with E-state index in [1.54, 1.807) is 11.7 Å². The van der Waals surface area contributed by atoms with Crippen molar-refractivity contribution in [2.24, 2.45) is 7.05 Å². The summed E-state index contributed by atoms with van der Waals surface area (Å²) in [5, 5.41) is 5.80. The number of fused-ring (bicyclic) bond motifs is 1. The molecule has 1 aromatic carbocycles. The van der Waals surface area contributed by atoms with Crippen LogP contribution in [-0.2, 0) is 26.1 Å². The van der Waals surface area contributed by atoms with Crippen LogP contribution in [0, 0.1) is 13.8 Å². The lowest BCUT2D eigenvalue weighted by atomic mass is 10.1. The molecule has 0 unspecified atom stereocenters. The van der Waals surface area contributed by atoms with Gasteiger partial charge >= 0.3 is 0 Å². The number of rotatable bonds is 6. The van der Waals surface area contributed by atoms with E-state index in [1.807, 2.05) is 65.4 Å². The van der Waals surface area contributed by atoms with E-state index in [-0.39, 0.29) is 11.2 Å². The van der Waals surface area contributed by atoms with Gasteiger partial charge in [0, 0.05) is 31.7 Å². The number of carbonyl (C=O) groups is 2. The second-order valence-corrected chi connectivity index (χ2v) is 13.2. The van der Waals surface area contributed by atoms with E-state index < -0.39 is 0 Å². The summed E-state index contributed by atoms with van der Waals surface area (Å²) in [6.45, 7) is 19.3. The fourth-order valence-electron chi connectivity index (χ4n) is 4.43. The summed E-state index contributed by atoms with van der Waals surface area (Å²) in [7, 11) is 3.66. The standard InChI is InChI=1S/C23H28N4OS.C5H10O2.C5H12O/c1-16-7-8-20-18(11-16)12-22(27(20)15-28)23-17(2)21(25(3)24-23)13-19(29)14-26-9-5-4-6-10-26;1-5(2,3)7-4-6;1-5(2,3)6-4/h7-8,11-13,15,29H,4-6,9-10,14H2,1-3H3;4H,1-3H3;1-4H3/b19-13-;;. The van der Waals surface area contributed by atoms with Gasteiger partial charge in [-0.2, -0.15) is 5.10 Å². The third kappa shape index (κ3) is 10.7. The second kappa shape index (κ2) is 15.5. The number of hydrogen-bond donors (Lipinski definition) is 1. The Hall–Kier alpha value is -2.88. The number of hydrogen-bond acceptors (Lipinski definition) is 7. The number of aromatic nitrogens is 3. The molecule has 42 heavy (non-hydrogen) atoms. The molecule has 4 rings (SSSR count). The SMILES string of the molecule is CC(C)(C)OC=O.COC(C)(C)C.Cc1ccc2c(c1)cc(-c1nn(C)c(/C=C(\S)CN3CCCCC3)c1C)n2C=O. The molecule has 0 radical (unpaired) electrons. The van der Waals surface area contributed by atoms with Gasteiger partial charge in [-0.1, -0.05) is 18.1 Å². The minimum Gasteiger partial charge on any atom is -0.462 e. The molecule has 0 spiro atoms. The van der Waals surface area contributed by atoms with Gasteiger partial charge < -0.3 is 9.47 Å². The first-order chi connectivity index (χ1) is 19.6. The molecule has 0 amide bonds. The van der Waals surface area contributed by atoms with Crippen LogP contribution in [0.25, 0.3) is 28.4 Å². The number of piperidine rings is 1. The number of carbonyl (C=O) groups excluding carboxylic acids is 2. The van der Waals surface area contributed by atoms with Crippen molar-refractivity contribution in [2.45, 2.75) is 85.9 Å². The molecule has 232 valence electrons. The molecule has 1 aliphatic heterocycles. The lowest BCUT2D eigenvalue weighted by Gasteiger charge is -2.26. The van der Waals surface area contributed by atoms with Gasteiger partial charge in [-0.15, -0.1) is 12.6 Å². The average molecular weight is 599 g/mol. The van der Waals surface area contributed by atoms with Gasteiger partial charge in [0.25, 0.3) is 6.47 Å². The average Bonchev–Trinajstić information content (AvgIpc) is 3.40. The molecule has 1 fully saturated rings. The Labute approximate surface area is 257 Å². The Kier molecular flexibility index (Phi) is 13.1. The zero-order chi connectivity index (χ0) is 31.7. The van der Waals surface area contributed by atoms with E-state index >= 15 is 0 Å². The number of thiol groups is 1. The van der Waals surface area contributed by atoms with Crippen LogP contribution in [0.4, 0.5) is 0 Å². The lowest BCUT2D eigenvalue weighted by molar-refractivity contribution is -0.138. The highest BCUT2D eigenvalue weighted by atomic mass is 32.1. The molecule has 9 heteroatoms. The molecular weight excluding hydrogens is 548 g/mol. The number of methoxy groups -OCH3 is 1. The molecule has 2 aromatic heterocycles. The van der Waals surface area contributed by atoms with Crippen molar-refractivity contribution in [3.05, 3.63) is 46.0 Å². The highest BCUT2D eigenvalue weighted by molar-refractivity contribution is 7.84. The maximum Gasteiger partial charge on any atom is 0.293 e. The molecule has 8 nitrogen and oxygen atoms in total. The quantitative estimate of drug-likeness (QED) is 0.247. The van der Waals surface area contributed by atoms with Crippen molar-refractivity contribution < 1.29 is 19.1 Å². The Morgan fingerprint density at radius 3 is 2.12 bits per heavy atom. The number of benzene rings is 1. The van der Waals surface area contributed by atoms with Crippen molar-refractivity contribution in [3.8, 4) is 11.4 Å². The van der Waals surface area contributed by atoms with Crippen LogP contribution >= 0.6 is 12.6 Å². The fourth-order valence-corrected chi connectivity index (χ4v) is 4.76. The summed E-state index contributed by atoms with van der Waals surface area (Å²) in [6.07, 6.45) is 6.85. The molecule has 0 atom stereocenters. The van der Waals surface area contributed by atoms with Gasteiger partial charge in [0.1, 0.15) is 11.3 Å². The second-order valence-electron chi connectivity index (χ2n) is 12.7. The molecule has 3 aromatic rings.